The Balaban J connectivity index is 2.49. The molecule has 0 spiro atoms. The number of ether oxygens (including phenoxy) is 1. The fraction of sp³-hybridized carbons (Fsp3) is 0.500. The molecule has 1 aromatic carbocycles. The molecule has 0 aliphatic carbocycles. The van der Waals surface area contributed by atoms with Gasteiger partial charge in [-0.15, -0.1) is 11.6 Å². The van der Waals surface area contributed by atoms with Gasteiger partial charge < -0.3 is 4.74 Å². The van der Waals surface area contributed by atoms with Crippen LogP contribution in [-0.2, 0) is 0 Å². The molecule has 0 radical (unpaired) electrons. The molecule has 17 heavy (non-hydrogen) atoms. The van der Waals surface area contributed by atoms with E-state index in [2.05, 4.69) is 6.92 Å². The molecule has 0 aliphatic heterocycles. The molecule has 1 rings (SSSR count). The summed E-state index contributed by atoms with van der Waals surface area (Å²) in [5.41, 5.74) is 0.0116. The summed E-state index contributed by atoms with van der Waals surface area (Å²) in [4.78, 5) is 10.3. The first kappa shape index (κ1) is 13.8. The highest BCUT2D eigenvalue weighted by Gasteiger charge is 2.13. The van der Waals surface area contributed by atoms with E-state index < -0.39 is 4.92 Å². The second-order valence-electron chi connectivity index (χ2n) is 3.94. The molecular formula is C12H16ClNO3. The summed E-state index contributed by atoms with van der Waals surface area (Å²) in [7, 11) is 0. The molecule has 5 heteroatoms. The van der Waals surface area contributed by atoms with Gasteiger partial charge >= 0.3 is 5.69 Å². The largest absolute Gasteiger partial charge is 0.487 e. The van der Waals surface area contributed by atoms with Crippen LogP contribution in [0, 0.1) is 16.0 Å². The molecule has 0 saturated heterocycles. The minimum Gasteiger partial charge on any atom is -0.487 e. The van der Waals surface area contributed by atoms with Crippen molar-refractivity contribution in [2.75, 3.05) is 12.5 Å². The van der Waals surface area contributed by atoms with Crippen molar-refractivity contribution in [2.45, 2.75) is 19.8 Å². The highest BCUT2D eigenvalue weighted by molar-refractivity contribution is 6.17. The first-order valence-corrected chi connectivity index (χ1v) is 6.10. The first-order chi connectivity index (χ1) is 8.15. The van der Waals surface area contributed by atoms with Crippen LogP contribution in [0.1, 0.15) is 19.8 Å². The van der Waals surface area contributed by atoms with Crippen LogP contribution < -0.4 is 4.74 Å². The topological polar surface area (TPSA) is 52.4 Å². The minimum absolute atomic E-state index is 0.0116. The third-order valence-electron chi connectivity index (χ3n) is 2.53. The van der Waals surface area contributed by atoms with E-state index in [9.17, 15) is 10.1 Å². The molecule has 1 aromatic rings. The van der Waals surface area contributed by atoms with Crippen molar-refractivity contribution < 1.29 is 9.66 Å². The second-order valence-corrected chi connectivity index (χ2v) is 4.32. The minimum atomic E-state index is -0.433. The fourth-order valence-corrected chi connectivity index (χ4v) is 1.80. The summed E-state index contributed by atoms with van der Waals surface area (Å²) in [5.74, 6) is 1.43. The van der Waals surface area contributed by atoms with E-state index in [0.29, 0.717) is 24.2 Å². The highest BCUT2D eigenvalue weighted by atomic mass is 35.5. The number of para-hydroxylation sites is 2. The third kappa shape index (κ3) is 4.61. The summed E-state index contributed by atoms with van der Waals surface area (Å²) in [6.45, 7) is 2.56. The van der Waals surface area contributed by atoms with Crippen molar-refractivity contribution in [3.63, 3.8) is 0 Å². The molecule has 0 bridgehead atoms. The molecule has 0 N–H and O–H groups in total. The molecule has 0 saturated carbocycles. The lowest BCUT2D eigenvalue weighted by Gasteiger charge is -2.10. The predicted molar refractivity (Wildman–Crippen MR) is 67.7 cm³/mol. The lowest BCUT2D eigenvalue weighted by molar-refractivity contribution is -0.385. The molecule has 1 unspecified atom stereocenters. The maximum absolute atomic E-state index is 10.7. The number of hydrogen-bond acceptors (Lipinski definition) is 3. The average molecular weight is 258 g/mol. The van der Waals surface area contributed by atoms with E-state index >= 15 is 0 Å². The van der Waals surface area contributed by atoms with Crippen molar-refractivity contribution in [2.24, 2.45) is 5.92 Å². The van der Waals surface area contributed by atoms with E-state index in [1.54, 1.807) is 18.2 Å². The van der Waals surface area contributed by atoms with Gasteiger partial charge in [-0.3, -0.25) is 10.1 Å². The Kier molecular flexibility index (Phi) is 5.77. The van der Waals surface area contributed by atoms with Gasteiger partial charge in [0.25, 0.3) is 0 Å². The Bertz CT molecular complexity index is 371. The standard InChI is InChI=1S/C12H16ClNO3/c1-10(6-8-13)7-9-17-12-5-3-2-4-11(12)14(15)16/h2-5,10H,6-9H2,1H3. The molecule has 0 aromatic heterocycles. The maximum atomic E-state index is 10.7. The number of benzene rings is 1. The number of rotatable bonds is 7. The summed E-state index contributed by atoms with van der Waals surface area (Å²) < 4.78 is 5.43. The van der Waals surface area contributed by atoms with Gasteiger partial charge in [0.15, 0.2) is 5.75 Å². The molecule has 0 amide bonds. The van der Waals surface area contributed by atoms with Crippen LogP contribution in [0.3, 0.4) is 0 Å². The quantitative estimate of drug-likeness (QED) is 0.426. The normalized spacial score (nSPS) is 12.1. The number of halogens is 1. The van der Waals surface area contributed by atoms with Gasteiger partial charge in [0.1, 0.15) is 0 Å². The number of hydrogen-bond donors (Lipinski definition) is 0. The molecule has 0 heterocycles. The smallest absolute Gasteiger partial charge is 0.310 e. The summed E-state index contributed by atoms with van der Waals surface area (Å²) >= 11 is 5.63. The summed E-state index contributed by atoms with van der Waals surface area (Å²) in [6.07, 6.45) is 1.78. The van der Waals surface area contributed by atoms with Crippen LogP contribution in [-0.4, -0.2) is 17.4 Å². The monoisotopic (exact) mass is 257 g/mol. The molecule has 0 fully saturated rings. The van der Waals surface area contributed by atoms with Crippen LogP contribution >= 0.6 is 11.6 Å². The predicted octanol–water partition coefficient (Wildman–Crippen LogP) is 3.63. The number of nitro benzene ring substituents is 1. The van der Waals surface area contributed by atoms with E-state index in [1.165, 1.54) is 6.07 Å². The lowest BCUT2D eigenvalue weighted by Crippen LogP contribution is -2.05. The SMILES string of the molecule is CC(CCCl)CCOc1ccccc1[N+](=O)[O-]. The van der Waals surface area contributed by atoms with E-state index in [-0.39, 0.29) is 5.69 Å². The third-order valence-corrected chi connectivity index (χ3v) is 2.75. The number of nitrogens with zero attached hydrogens (tertiary/aromatic N) is 1. The zero-order chi connectivity index (χ0) is 12.7. The van der Waals surface area contributed by atoms with Gasteiger partial charge in [-0.2, -0.15) is 0 Å². The second kappa shape index (κ2) is 7.12. The van der Waals surface area contributed by atoms with Crippen LogP contribution in [0.2, 0.25) is 0 Å². The summed E-state index contributed by atoms with van der Waals surface area (Å²) in [5, 5.41) is 10.7. The van der Waals surface area contributed by atoms with E-state index in [4.69, 9.17) is 16.3 Å². The van der Waals surface area contributed by atoms with Crippen molar-refractivity contribution in [1.82, 2.24) is 0 Å². The Labute approximate surface area is 106 Å². The van der Waals surface area contributed by atoms with Gasteiger partial charge in [0.2, 0.25) is 0 Å². The highest BCUT2D eigenvalue weighted by Crippen LogP contribution is 2.26. The molecule has 94 valence electrons. The fourth-order valence-electron chi connectivity index (χ4n) is 1.43. The lowest BCUT2D eigenvalue weighted by atomic mass is 10.1. The van der Waals surface area contributed by atoms with Crippen molar-refractivity contribution >= 4 is 17.3 Å². The molecule has 1 atom stereocenters. The Morgan fingerprint density at radius 3 is 2.76 bits per heavy atom. The van der Waals surface area contributed by atoms with Crippen LogP contribution in [0.4, 0.5) is 5.69 Å². The van der Waals surface area contributed by atoms with Crippen LogP contribution in [0.25, 0.3) is 0 Å². The van der Waals surface area contributed by atoms with Gasteiger partial charge in [-0.1, -0.05) is 19.1 Å². The molecule has 4 nitrogen and oxygen atoms in total. The number of nitro groups is 1. The molecule has 0 aliphatic rings. The van der Waals surface area contributed by atoms with Gasteiger partial charge in [-0.05, 0) is 24.8 Å². The van der Waals surface area contributed by atoms with Gasteiger partial charge in [0, 0.05) is 11.9 Å². The molecular weight excluding hydrogens is 242 g/mol. The van der Waals surface area contributed by atoms with Gasteiger partial charge in [0.05, 0.1) is 11.5 Å². The summed E-state index contributed by atoms with van der Waals surface area (Å²) in [6, 6.07) is 6.41. The van der Waals surface area contributed by atoms with Crippen LogP contribution in [0.5, 0.6) is 5.75 Å². The zero-order valence-corrected chi connectivity index (χ0v) is 10.5. The van der Waals surface area contributed by atoms with Crippen LogP contribution in [0.15, 0.2) is 24.3 Å². The van der Waals surface area contributed by atoms with E-state index in [0.717, 1.165) is 12.8 Å². The van der Waals surface area contributed by atoms with Gasteiger partial charge in [-0.25, -0.2) is 0 Å². The van der Waals surface area contributed by atoms with Crippen molar-refractivity contribution in [3.05, 3.63) is 34.4 Å². The van der Waals surface area contributed by atoms with Crippen molar-refractivity contribution in [1.29, 1.82) is 0 Å². The van der Waals surface area contributed by atoms with Crippen molar-refractivity contribution in [3.8, 4) is 5.75 Å². The number of alkyl halides is 1. The Morgan fingerprint density at radius 2 is 2.12 bits per heavy atom. The first-order valence-electron chi connectivity index (χ1n) is 5.57. The van der Waals surface area contributed by atoms with E-state index in [1.807, 2.05) is 0 Å². The Morgan fingerprint density at radius 1 is 1.41 bits per heavy atom. The average Bonchev–Trinajstić information content (AvgIpc) is 2.30. The Hall–Kier alpha value is -1.29. The zero-order valence-electron chi connectivity index (χ0n) is 9.77. The maximum Gasteiger partial charge on any atom is 0.310 e.